The van der Waals surface area contributed by atoms with Crippen LogP contribution >= 0.6 is 0 Å². The van der Waals surface area contributed by atoms with Crippen LogP contribution in [0.25, 0.3) is 0 Å². The molecule has 1 aromatic heterocycles. The van der Waals surface area contributed by atoms with E-state index in [1.165, 1.54) is 18.5 Å². The molecule has 1 heterocycles. The van der Waals surface area contributed by atoms with Gasteiger partial charge in [0, 0.05) is 6.07 Å². The standard InChI is InChI=1S/C10H7FN4O3/c11-6-2-1-3-7(15(16)17)10(6)18-9-5-13-4-8(12)14-9/h1-5H,(H2,12,14). The van der Waals surface area contributed by atoms with E-state index in [-0.39, 0.29) is 11.7 Å². The number of nitro benzene ring substituents is 1. The van der Waals surface area contributed by atoms with Crippen molar-refractivity contribution in [3.8, 4) is 11.6 Å². The van der Waals surface area contributed by atoms with Gasteiger partial charge in [-0.25, -0.2) is 4.39 Å². The summed E-state index contributed by atoms with van der Waals surface area (Å²) in [5.41, 5.74) is 4.87. The van der Waals surface area contributed by atoms with Crippen LogP contribution in [0.2, 0.25) is 0 Å². The van der Waals surface area contributed by atoms with Crippen molar-refractivity contribution < 1.29 is 14.1 Å². The van der Waals surface area contributed by atoms with Gasteiger partial charge >= 0.3 is 5.69 Å². The van der Waals surface area contributed by atoms with Gasteiger partial charge in [0.1, 0.15) is 5.82 Å². The summed E-state index contributed by atoms with van der Waals surface area (Å²) < 4.78 is 18.5. The molecule has 2 rings (SSSR count). The number of nitrogens with two attached hydrogens (primary N) is 1. The molecule has 2 N–H and O–H groups in total. The fourth-order valence-corrected chi connectivity index (χ4v) is 1.26. The summed E-state index contributed by atoms with van der Waals surface area (Å²) in [7, 11) is 0. The number of ether oxygens (including phenoxy) is 1. The zero-order valence-corrected chi connectivity index (χ0v) is 8.91. The van der Waals surface area contributed by atoms with Gasteiger partial charge in [0.05, 0.1) is 17.3 Å². The molecule has 0 spiro atoms. The van der Waals surface area contributed by atoms with Gasteiger partial charge in [-0.15, -0.1) is 0 Å². The number of aromatic nitrogens is 2. The van der Waals surface area contributed by atoms with Crippen LogP contribution in [0.4, 0.5) is 15.9 Å². The number of benzene rings is 1. The topological polar surface area (TPSA) is 104 Å². The van der Waals surface area contributed by atoms with Crippen molar-refractivity contribution in [1.82, 2.24) is 9.97 Å². The van der Waals surface area contributed by atoms with Crippen LogP contribution in [0, 0.1) is 15.9 Å². The predicted molar refractivity (Wildman–Crippen MR) is 59.6 cm³/mol. The summed E-state index contributed by atoms with van der Waals surface area (Å²) in [6, 6.07) is 3.38. The number of halogens is 1. The Hall–Kier alpha value is -2.77. The van der Waals surface area contributed by atoms with Crippen LogP contribution in [0.5, 0.6) is 11.6 Å². The van der Waals surface area contributed by atoms with Crippen molar-refractivity contribution in [2.45, 2.75) is 0 Å². The molecule has 0 bridgehead atoms. The maximum atomic E-state index is 13.5. The maximum Gasteiger partial charge on any atom is 0.314 e. The highest BCUT2D eigenvalue weighted by atomic mass is 19.1. The number of nitrogens with zero attached hydrogens (tertiary/aromatic N) is 3. The molecule has 0 aliphatic heterocycles. The molecule has 1 aromatic carbocycles. The lowest BCUT2D eigenvalue weighted by Gasteiger charge is -2.05. The Bertz CT molecular complexity index is 605. The van der Waals surface area contributed by atoms with Crippen LogP contribution in [-0.4, -0.2) is 14.9 Å². The quantitative estimate of drug-likeness (QED) is 0.658. The second kappa shape index (κ2) is 4.62. The Labute approximate surface area is 100 Å². The van der Waals surface area contributed by atoms with Gasteiger partial charge in [0.15, 0.2) is 5.82 Å². The van der Waals surface area contributed by atoms with E-state index in [9.17, 15) is 14.5 Å². The molecule has 0 aliphatic carbocycles. The predicted octanol–water partition coefficient (Wildman–Crippen LogP) is 1.90. The summed E-state index contributed by atoms with van der Waals surface area (Å²) >= 11 is 0. The molecule has 0 aliphatic rings. The van der Waals surface area contributed by atoms with Crippen LogP contribution in [-0.2, 0) is 0 Å². The number of rotatable bonds is 3. The summed E-state index contributed by atoms with van der Waals surface area (Å²) in [5, 5.41) is 10.7. The average molecular weight is 250 g/mol. The van der Waals surface area contributed by atoms with Crippen molar-refractivity contribution in [1.29, 1.82) is 0 Å². The van der Waals surface area contributed by atoms with Crippen LogP contribution in [0.3, 0.4) is 0 Å². The summed E-state index contributed by atoms with van der Waals surface area (Å²) in [5.74, 6) is -1.45. The van der Waals surface area contributed by atoms with Crippen molar-refractivity contribution in [3.63, 3.8) is 0 Å². The summed E-state index contributed by atoms with van der Waals surface area (Å²) in [6.45, 7) is 0. The van der Waals surface area contributed by atoms with E-state index in [0.29, 0.717) is 0 Å². The third-order valence-corrected chi connectivity index (χ3v) is 1.98. The Morgan fingerprint density at radius 2 is 2.17 bits per heavy atom. The van der Waals surface area contributed by atoms with Crippen LogP contribution < -0.4 is 10.5 Å². The van der Waals surface area contributed by atoms with Crippen LogP contribution in [0.15, 0.2) is 30.6 Å². The monoisotopic (exact) mass is 250 g/mol. The summed E-state index contributed by atoms with van der Waals surface area (Å²) in [4.78, 5) is 17.4. The lowest BCUT2D eigenvalue weighted by molar-refractivity contribution is -0.385. The highest BCUT2D eigenvalue weighted by Crippen LogP contribution is 2.32. The molecule has 0 saturated heterocycles. The molecular weight excluding hydrogens is 243 g/mol. The maximum absolute atomic E-state index is 13.5. The zero-order valence-electron chi connectivity index (χ0n) is 8.91. The first-order valence-electron chi connectivity index (χ1n) is 4.76. The normalized spacial score (nSPS) is 10.1. The third kappa shape index (κ3) is 2.32. The van der Waals surface area contributed by atoms with E-state index in [0.717, 1.165) is 12.1 Å². The van der Waals surface area contributed by atoms with Crippen molar-refractivity contribution in [2.24, 2.45) is 0 Å². The van der Waals surface area contributed by atoms with E-state index >= 15 is 0 Å². The van der Waals surface area contributed by atoms with Gasteiger partial charge in [-0.2, -0.15) is 4.98 Å². The highest BCUT2D eigenvalue weighted by Gasteiger charge is 2.20. The number of anilines is 1. The van der Waals surface area contributed by atoms with Crippen molar-refractivity contribution in [3.05, 3.63) is 46.5 Å². The lowest BCUT2D eigenvalue weighted by Crippen LogP contribution is -1.99. The van der Waals surface area contributed by atoms with Gasteiger partial charge in [-0.05, 0) is 6.07 Å². The molecular formula is C10H7FN4O3. The first-order chi connectivity index (χ1) is 8.58. The van der Waals surface area contributed by atoms with Crippen molar-refractivity contribution >= 4 is 11.5 Å². The lowest BCUT2D eigenvalue weighted by atomic mass is 10.3. The van der Waals surface area contributed by atoms with E-state index in [1.54, 1.807) is 0 Å². The fourth-order valence-electron chi connectivity index (χ4n) is 1.26. The zero-order chi connectivity index (χ0) is 13.1. The van der Waals surface area contributed by atoms with E-state index < -0.39 is 22.2 Å². The van der Waals surface area contributed by atoms with Gasteiger partial charge in [0.2, 0.25) is 11.6 Å². The van der Waals surface area contributed by atoms with Crippen LogP contribution in [0.1, 0.15) is 0 Å². The molecule has 92 valence electrons. The Morgan fingerprint density at radius 1 is 1.39 bits per heavy atom. The highest BCUT2D eigenvalue weighted by molar-refractivity contribution is 5.48. The molecule has 2 aromatic rings. The summed E-state index contributed by atoms with van der Waals surface area (Å²) in [6.07, 6.45) is 2.44. The van der Waals surface area contributed by atoms with Gasteiger partial charge in [0.25, 0.3) is 0 Å². The minimum absolute atomic E-state index is 0.0616. The smallest absolute Gasteiger partial charge is 0.314 e. The van der Waals surface area contributed by atoms with Gasteiger partial charge in [-0.3, -0.25) is 15.1 Å². The van der Waals surface area contributed by atoms with Gasteiger partial charge < -0.3 is 10.5 Å². The number of nitro groups is 1. The Morgan fingerprint density at radius 3 is 2.83 bits per heavy atom. The minimum atomic E-state index is -0.867. The van der Waals surface area contributed by atoms with Crippen molar-refractivity contribution in [2.75, 3.05) is 5.73 Å². The number of para-hydroxylation sites is 1. The van der Waals surface area contributed by atoms with E-state index in [4.69, 9.17) is 10.5 Å². The third-order valence-electron chi connectivity index (χ3n) is 1.98. The molecule has 0 atom stereocenters. The molecule has 0 radical (unpaired) electrons. The molecule has 7 nitrogen and oxygen atoms in total. The number of hydrogen-bond donors (Lipinski definition) is 1. The van der Waals surface area contributed by atoms with E-state index in [2.05, 4.69) is 9.97 Å². The molecule has 0 amide bonds. The first kappa shape index (κ1) is 11.7. The molecule has 18 heavy (non-hydrogen) atoms. The fraction of sp³-hybridized carbons (Fsp3) is 0. The molecule has 0 unspecified atom stereocenters. The second-order valence-corrected chi connectivity index (χ2v) is 3.23. The number of hydrogen-bond acceptors (Lipinski definition) is 6. The first-order valence-corrected chi connectivity index (χ1v) is 4.76. The minimum Gasteiger partial charge on any atom is -0.427 e. The SMILES string of the molecule is Nc1cncc(Oc2c(F)cccc2[N+](=O)[O-])n1. The van der Waals surface area contributed by atoms with E-state index in [1.807, 2.05) is 0 Å². The average Bonchev–Trinajstić information content (AvgIpc) is 2.31. The molecule has 0 saturated carbocycles. The van der Waals surface area contributed by atoms with Gasteiger partial charge in [-0.1, -0.05) is 6.07 Å². The second-order valence-electron chi connectivity index (χ2n) is 3.23. The Kier molecular flexibility index (Phi) is 3.00. The largest absolute Gasteiger partial charge is 0.427 e. The number of nitrogen functional groups attached to an aromatic ring is 1. The Balaban J connectivity index is 2.42. The molecule has 8 heteroatoms. The molecule has 0 fully saturated rings.